The lowest BCUT2D eigenvalue weighted by molar-refractivity contribution is 0.0760. The Balaban J connectivity index is 1.51. The first kappa shape index (κ1) is 21.3. The van der Waals surface area contributed by atoms with Crippen molar-refractivity contribution in [1.29, 1.82) is 0 Å². The Bertz CT molecular complexity index is 590. The second kappa shape index (κ2) is 11.0. The Labute approximate surface area is 171 Å². The third-order valence-corrected chi connectivity index (χ3v) is 6.62. The Morgan fingerprint density at radius 1 is 0.929 bits per heavy atom. The SMILES string of the molecule is CCN(CC)Cc1ccc(C(=O)N2CCCN(CC3CCCCC3)CC2)cc1. The van der Waals surface area contributed by atoms with Crippen LogP contribution < -0.4 is 0 Å². The summed E-state index contributed by atoms with van der Waals surface area (Å²) in [5.74, 6) is 1.09. The van der Waals surface area contributed by atoms with Crippen LogP contribution in [-0.4, -0.2) is 66.4 Å². The molecule has 1 aliphatic heterocycles. The Kier molecular flexibility index (Phi) is 8.35. The van der Waals surface area contributed by atoms with E-state index in [1.807, 2.05) is 12.1 Å². The van der Waals surface area contributed by atoms with Crippen LogP contribution in [0, 0.1) is 5.92 Å². The third kappa shape index (κ3) is 6.05. The van der Waals surface area contributed by atoms with Gasteiger partial charge in [0.2, 0.25) is 0 Å². The minimum absolute atomic E-state index is 0.203. The number of rotatable bonds is 7. The minimum Gasteiger partial charge on any atom is -0.337 e. The highest BCUT2D eigenvalue weighted by Gasteiger charge is 2.23. The molecular formula is C24H39N3O. The van der Waals surface area contributed by atoms with Crippen molar-refractivity contribution in [3.63, 3.8) is 0 Å². The molecule has 0 radical (unpaired) electrons. The summed E-state index contributed by atoms with van der Waals surface area (Å²) < 4.78 is 0. The smallest absolute Gasteiger partial charge is 0.253 e. The molecule has 0 N–H and O–H groups in total. The van der Waals surface area contributed by atoms with E-state index >= 15 is 0 Å². The normalized spacial score (nSPS) is 19.8. The van der Waals surface area contributed by atoms with Crippen LogP contribution in [0.1, 0.15) is 68.3 Å². The average molecular weight is 386 g/mol. The highest BCUT2D eigenvalue weighted by atomic mass is 16.2. The van der Waals surface area contributed by atoms with Crippen LogP contribution >= 0.6 is 0 Å². The van der Waals surface area contributed by atoms with E-state index in [2.05, 4.69) is 40.7 Å². The number of amides is 1. The van der Waals surface area contributed by atoms with Gasteiger partial charge in [0, 0.05) is 38.3 Å². The van der Waals surface area contributed by atoms with Crippen LogP contribution in [0.2, 0.25) is 0 Å². The van der Waals surface area contributed by atoms with E-state index < -0.39 is 0 Å². The van der Waals surface area contributed by atoms with Crippen molar-refractivity contribution in [3.8, 4) is 0 Å². The molecule has 28 heavy (non-hydrogen) atoms. The first-order valence-electron chi connectivity index (χ1n) is 11.5. The number of carbonyl (C=O) groups is 1. The Morgan fingerprint density at radius 3 is 2.32 bits per heavy atom. The zero-order valence-electron chi connectivity index (χ0n) is 18.0. The molecule has 1 saturated heterocycles. The lowest BCUT2D eigenvalue weighted by atomic mass is 9.89. The van der Waals surface area contributed by atoms with Crippen LogP contribution in [0.4, 0.5) is 0 Å². The number of hydrogen-bond donors (Lipinski definition) is 0. The summed E-state index contributed by atoms with van der Waals surface area (Å²) in [5, 5.41) is 0. The molecule has 1 saturated carbocycles. The van der Waals surface area contributed by atoms with Gasteiger partial charge in [-0.3, -0.25) is 9.69 Å². The van der Waals surface area contributed by atoms with Crippen LogP contribution in [0.15, 0.2) is 24.3 Å². The predicted octanol–water partition coefficient (Wildman–Crippen LogP) is 4.26. The van der Waals surface area contributed by atoms with Gasteiger partial charge in [0.05, 0.1) is 0 Å². The number of nitrogens with zero attached hydrogens (tertiary/aromatic N) is 3. The minimum atomic E-state index is 0.203. The summed E-state index contributed by atoms with van der Waals surface area (Å²) in [5.41, 5.74) is 2.12. The highest BCUT2D eigenvalue weighted by molar-refractivity contribution is 5.94. The monoisotopic (exact) mass is 385 g/mol. The van der Waals surface area contributed by atoms with Crippen LogP contribution in [-0.2, 0) is 6.54 Å². The first-order chi connectivity index (χ1) is 13.7. The molecule has 2 fully saturated rings. The Morgan fingerprint density at radius 2 is 1.64 bits per heavy atom. The Hall–Kier alpha value is -1.39. The van der Waals surface area contributed by atoms with E-state index in [0.717, 1.165) is 63.7 Å². The lowest BCUT2D eigenvalue weighted by Crippen LogP contribution is -2.36. The van der Waals surface area contributed by atoms with Gasteiger partial charge >= 0.3 is 0 Å². The quantitative estimate of drug-likeness (QED) is 0.702. The zero-order chi connectivity index (χ0) is 19.8. The molecule has 4 heteroatoms. The van der Waals surface area contributed by atoms with Crippen molar-refractivity contribution in [3.05, 3.63) is 35.4 Å². The molecule has 1 aliphatic carbocycles. The maximum Gasteiger partial charge on any atom is 0.253 e. The maximum atomic E-state index is 13.0. The van der Waals surface area contributed by atoms with E-state index in [-0.39, 0.29) is 5.91 Å². The van der Waals surface area contributed by atoms with Gasteiger partial charge in [-0.15, -0.1) is 0 Å². The van der Waals surface area contributed by atoms with Crippen LogP contribution in [0.25, 0.3) is 0 Å². The van der Waals surface area contributed by atoms with Crippen molar-refractivity contribution >= 4 is 5.91 Å². The molecule has 0 spiro atoms. The van der Waals surface area contributed by atoms with Crippen molar-refractivity contribution < 1.29 is 4.79 Å². The summed E-state index contributed by atoms with van der Waals surface area (Å²) in [7, 11) is 0. The van der Waals surface area contributed by atoms with Gasteiger partial charge in [0.1, 0.15) is 0 Å². The standard InChI is InChI=1S/C24H39N3O/c1-3-25(4-2)19-22-11-13-23(14-12-22)24(28)27-16-8-15-26(17-18-27)20-21-9-6-5-7-10-21/h11-14,21H,3-10,15-20H2,1-2H3. The van der Waals surface area contributed by atoms with Crippen LogP contribution in [0.3, 0.4) is 0 Å². The molecule has 0 atom stereocenters. The lowest BCUT2D eigenvalue weighted by Gasteiger charge is -2.28. The molecule has 3 rings (SSSR count). The molecule has 4 nitrogen and oxygen atoms in total. The van der Waals surface area contributed by atoms with E-state index in [1.165, 1.54) is 44.2 Å². The molecule has 1 aromatic carbocycles. The molecule has 1 heterocycles. The van der Waals surface area contributed by atoms with Gasteiger partial charge < -0.3 is 9.80 Å². The van der Waals surface area contributed by atoms with Gasteiger partial charge in [0.25, 0.3) is 5.91 Å². The average Bonchev–Trinajstić information content (AvgIpc) is 2.98. The summed E-state index contributed by atoms with van der Waals surface area (Å²) in [4.78, 5) is 20.1. The molecule has 0 unspecified atom stereocenters. The molecule has 1 aromatic rings. The topological polar surface area (TPSA) is 26.8 Å². The summed E-state index contributed by atoms with van der Waals surface area (Å²) in [6.07, 6.45) is 8.14. The number of benzene rings is 1. The van der Waals surface area contributed by atoms with E-state index in [9.17, 15) is 4.79 Å². The fourth-order valence-corrected chi connectivity index (χ4v) is 4.73. The predicted molar refractivity (Wildman–Crippen MR) is 117 cm³/mol. The number of hydrogen-bond acceptors (Lipinski definition) is 3. The van der Waals surface area contributed by atoms with Gasteiger partial charge in [-0.25, -0.2) is 0 Å². The maximum absolute atomic E-state index is 13.0. The van der Waals surface area contributed by atoms with Gasteiger partial charge in [0.15, 0.2) is 0 Å². The van der Waals surface area contributed by atoms with Gasteiger partial charge in [-0.05, 0) is 62.5 Å². The van der Waals surface area contributed by atoms with Gasteiger partial charge in [-0.1, -0.05) is 45.2 Å². The van der Waals surface area contributed by atoms with E-state index in [1.54, 1.807) is 0 Å². The molecule has 2 aliphatic rings. The highest BCUT2D eigenvalue weighted by Crippen LogP contribution is 2.25. The van der Waals surface area contributed by atoms with E-state index in [4.69, 9.17) is 0 Å². The van der Waals surface area contributed by atoms with Crippen molar-refractivity contribution in [1.82, 2.24) is 14.7 Å². The second-order valence-corrected chi connectivity index (χ2v) is 8.61. The molecule has 0 bridgehead atoms. The first-order valence-corrected chi connectivity index (χ1v) is 11.5. The van der Waals surface area contributed by atoms with Crippen molar-refractivity contribution in [2.75, 3.05) is 45.8 Å². The second-order valence-electron chi connectivity index (χ2n) is 8.61. The van der Waals surface area contributed by atoms with E-state index in [0.29, 0.717) is 0 Å². The van der Waals surface area contributed by atoms with Gasteiger partial charge in [-0.2, -0.15) is 0 Å². The molecular weight excluding hydrogens is 346 g/mol. The largest absolute Gasteiger partial charge is 0.337 e. The summed E-state index contributed by atoms with van der Waals surface area (Å²) in [6.45, 7) is 12.6. The molecule has 1 amide bonds. The third-order valence-electron chi connectivity index (χ3n) is 6.62. The van der Waals surface area contributed by atoms with Crippen molar-refractivity contribution in [2.24, 2.45) is 5.92 Å². The van der Waals surface area contributed by atoms with Crippen LogP contribution in [0.5, 0.6) is 0 Å². The fourth-order valence-electron chi connectivity index (χ4n) is 4.73. The molecule has 156 valence electrons. The van der Waals surface area contributed by atoms with Crippen molar-refractivity contribution in [2.45, 2.75) is 58.9 Å². The number of carbonyl (C=O) groups excluding carboxylic acids is 1. The summed E-state index contributed by atoms with van der Waals surface area (Å²) in [6, 6.07) is 8.29. The molecule has 0 aromatic heterocycles. The summed E-state index contributed by atoms with van der Waals surface area (Å²) >= 11 is 0. The zero-order valence-corrected chi connectivity index (χ0v) is 18.0. The fraction of sp³-hybridized carbons (Fsp3) is 0.708.